The summed E-state index contributed by atoms with van der Waals surface area (Å²) < 4.78 is 0. The second-order valence-electron chi connectivity index (χ2n) is 5.68. The Balaban J connectivity index is 2.81. The summed E-state index contributed by atoms with van der Waals surface area (Å²) in [6.07, 6.45) is 1.75. The SMILES string of the molecule is CCC(CC(C)C)C(=O)Nc1cc(C)c(O)c(C)c1. The van der Waals surface area contributed by atoms with Crippen LogP contribution in [0.2, 0.25) is 0 Å². The number of amides is 1. The Labute approximate surface area is 116 Å². The van der Waals surface area contributed by atoms with Crippen molar-refractivity contribution in [3.05, 3.63) is 23.3 Å². The molecule has 0 fully saturated rings. The van der Waals surface area contributed by atoms with E-state index in [4.69, 9.17) is 0 Å². The third-order valence-corrected chi connectivity index (χ3v) is 3.38. The van der Waals surface area contributed by atoms with Gasteiger partial charge in [-0.25, -0.2) is 0 Å². The van der Waals surface area contributed by atoms with Gasteiger partial charge in [0, 0.05) is 11.6 Å². The van der Waals surface area contributed by atoms with Crippen molar-refractivity contribution >= 4 is 11.6 Å². The summed E-state index contributed by atoms with van der Waals surface area (Å²) in [6.45, 7) is 9.97. The van der Waals surface area contributed by atoms with Crippen LogP contribution in [0.4, 0.5) is 5.69 Å². The molecule has 0 radical (unpaired) electrons. The number of aromatic hydroxyl groups is 1. The maximum atomic E-state index is 12.2. The van der Waals surface area contributed by atoms with E-state index < -0.39 is 0 Å². The summed E-state index contributed by atoms with van der Waals surface area (Å²) in [5.74, 6) is 0.932. The molecule has 1 aromatic carbocycles. The smallest absolute Gasteiger partial charge is 0.227 e. The molecule has 0 saturated heterocycles. The minimum absolute atomic E-state index is 0.0504. The van der Waals surface area contributed by atoms with Crippen LogP contribution in [0.15, 0.2) is 12.1 Å². The van der Waals surface area contributed by atoms with Crippen LogP contribution in [0.5, 0.6) is 5.75 Å². The van der Waals surface area contributed by atoms with Crippen LogP contribution in [-0.4, -0.2) is 11.0 Å². The van der Waals surface area contributed by atoms with E-state index in [1.165, 1.54) is 0 Å². The van der Waals surface area contributed by atoms with Crippen molar-refractivity contribution < 1.29 is 9.90 Å². The number of phenolic OH excluding ortho intramolecular Hbond substituents is 1. The molecule has 2 N–H and O–H groups in total. The van der Waals surface area contributed by atoms with Crippen molar-refractivity contribution in [3.8, 4) is 5.75 Å². The highest BCUT2D eigenvalue weighted by molar-refractivity contribution is 5.92. The molecule has 106 valence electrons. The molecule has 3 nitrogen and oxygen atoms in total. The van der Waals surface area contributed by atoms with E-state index in [0.29, 0.717) is 11.7 Å². The van der Waals surface area contributed by atoms with Gasteiger partial charge in [0.05, 0.1) is 0 Å². The first-order valence-corrected chi connectivity index (χ1v) is 6.96. The van der Waals surface area contributed by atoms with E-state index in [2.05, 4.69) is 19.2 Å². The van der Waals surface area contributed by atoms with Crippen molar-refractivity contribution in [2.45, 2.75) is 47.5 Å². The van der Waals surface area contributed by atoms with Crippen LogP contribution in [0.1, 0.15) is 44.7 Å². The number of anilines is 1. The highest BCUT2D eigenvalue weighted by Crippen LogP contribution is 2.26. The number of nitrogens with one attached hydrogen (secondary N) is 1. The zero-order chi connectivity index (χ0) is 14.6. The third-order valence-electron chi connectivity index (χ3n) is 3.38. The summed E-state index contributed by atoms with van der Waals surface area (Å²) in [5.41, 5.74) is 2.33. The van der Waals surface area contributed by atoms with Crippen LogP contribution >= 0.6 is 0 Å². The average Bonchev–Trinajstić information content (AvgIpc) is 2.32. The van der Waals surface area contributed by atoms with Crippen LogP contribution in [0, 0.1) is 25.7 Å². The normalized spacial score (nSPS) is 12.5. The molecule has 0 aliphatic carbocycles. The molecule has 1 aromatic rings. The number of carbonyl (C=O) groups excluding carboxylic acids is 1. The molecule has 1 rings (SSSR count). The molecule has 19 heavy (non-hydrogen) atoms. The third kappa shape index (κ3) is 4.27. The topological polar surface area (TPSA) is 49.3 Å². The van der Waals surface area contributed by atoms with Gasteiger partial charge in [0.2, 0.25) is 5.91 Å². The van der Waals surface area contributed by atoms with E-state index in [0.717, 1.165) is 29.7 Å². The molecular formula is C16H25NO2. The predicted octanol–water partition coefficient (Wildman–Crippen LogP) is 4.02. The molecule has 1 unspecified atom stereocenters. The van der Waals surface area contributed by atoms with Crippen molar-refractivity contribution in [1.29, 1.82) is 0 Å². The Morgan fingerprint density at radius 2 is 1.79 bits per heavy atom. The van der Waals surface area contributed by atoms with Crippen LogP contribution in [0.3, 0.4) is 0 Å². The fourth-order valence-electron chi connectivity index (χ4n) is 2.30. The molecular weight excluding hydrogens is 238 g/mol. The number of hydrogen-bond donors (Lipinski definition) is 2. The standard InChI is InChI=1S/C16H25NO2/c1-6-13(7-10(2)3)16(19)17-14-8-11(4)15(18)12(5)9-14/h8-10,13,18H,6-7H2,1-5H3,(H,17,19). The van der Waals surface area contributed by atoms with Gasteiger partial charge in [0.1, 0.15) is 5.75 Å². The van der Waals surface area contributed by atoms with E-state index in [1.807, 2.05) is 32.9 Å². The highest BCUT2D eigenvalue weighted by Gasteiger charge is 2.18. The summed E-state index contributed by atoms with van der Waals surface area (Å²) in [7, 11) is 0. The van der Waals surface area contributed by atoms with Gasteiger partial charge in [0.15, 0.2) is 0 Å². The first kappa shape index (κ1) is 15.5. The fourth-order valence-corrected chi connectivity index (χ4v) is 2.30. The number of hydrogen-bond acceptors (Lipinski definition) is 2. The molecule has 0 heterocycles. The molecule has 0 aliphatic rings. The predicted molar refractivity (Wildman–Crippen MR) is 79.4 cm³/mol. The maximum Gasteiger partial charge on any atom is 0.227 e. The Morgan fingerprint density at radius 3 is 2.21 bits per heavy atom. The average molecular weight is 263 g/mol. The zero-order valence-electron chi connectivity index (χ0n) is 12.6. The summed E-state index contributed by atoms with van der Waals surface area (Å²) in [5, 5.41) is 12.7. The number of rotatable bonds is 5. The van der Waals surface area contributed by atoms with Crippen LogP contribution in [-0.2, 0) is 4.79 Å². The number of benzene rings is 1. The van der Waals surface area contributed by atoms with Crippen molar-refractivity contribution in [2.75, 3.05) is 5.32 Å². The van der Waals surface area contributed by atoms with Gasteiger partial charge in [-0.3, -0.25) is 4.79 Å². The number of phenols is 1. The van der Waals surface area contributed by atoms with Gasteiger partial charge in [-0.2, -0.15) is 0 Å². The summed E-state index contributed by atoms with van der Waals surface area (Å²) >= 11 is 0. The lowest BCUT2D eigenvalue weighted by molar-refractivity contribution is -0.120. The van der Waals surface area contributed by atoms with Gasteiger partial charge < -0.3 is 10.4 Å². The first-order valence-electron chi connectivity index (χ1n) is 6.96. The lowest BCUT2D eigenvalue weighted by Gasteiger charge is -2.17. The maximum absolute atomic E-state index is 12.2. The molecule has 0 aliphatic heterocycles. The second-order valence-corrected chi connectivity index (χ2v) is 5.68. The lowest BCUT2D eigenvalue weighted by atomic mass is 9.94. The van der Waals surface area contributed by atoms with Crippen LogP contribution in [0.25, 0.3) is 0 Å². The molecule has 0 saturated carbocycles. The molecule has 1 atom stereocenters. The van der Waals surface area contributed by atoms with E-state index in [9.17, 15) is 9.90 Å². The van der Waals surface area contributed by atoms with Crippen molar-refractivity contribution in [2.24, 2.45) is 11.8 Å². The molecule has 0 spiro atoms. The van der Waals surface area contributed by atoms with Gasteiger partial charge >= 0.3 is 0 Å². The highest BCUT2D eigenvalue weighted by atomic mass is 16.3. The van der Waals surface area contributed by atoms with E-state index in [1.54, 1.807) is 0 Å². The van der Waals surface area contributed by atoms with Crippen molar-refractivity contribution in [1.82, 2.24) is 0 Å². The second kappa shape index (κ2) is 6.60. The summed E-state index contributed by atoms with van der Waals surface area (Å²) in [4.78, 5) is 12.2. The zero-order valence-corrected chi connectivity index (χ0v) is 12.6. The van der Waals surface area contributed by atoms with E-state index in [-0.39, 0.29) is 11.8 Å². The molecule has 3 heteroatoms. The first-order chi connectivity index (χ1) is 8.85. The van der Waals surface area contributed by atoms with Gasteiger partial charge in [-0.05, 0) is 55.9 Å². The minimum Gasteiger partial charge on any atom is -0.507 e. The summed E-state index contributed by atoms with van der Waals surface area (Å²) in [6, 6.07) is 3.62. The Kier molecular flexibility index (Phi) is 5.40. The quantitative estimate of drug-likeness (QED) is 0.788. The number of carbonyl (C=O) groups is 1. The lowest BCUT2D eigenvalue weighted by Crippen LogP contribution is -2.23. The minimum atomic E-state index is 0.0504. The van der Waals surface area contributed by atoms with E-state index >= 15 is 0 Å². The molecule has 0 aromatic heterocycles. The monoisotopic (exact) mass is 263 g/mol. The molecule has 0 bridgehead atoms. The number of aryl methyl sites for hydroxylation is 2. The fraction of sp³-hybridized carbons (Fsp3) is 0.562. The largest absolute Gasteiger partial charge is 0.507 e. The van der Waals surface area contributed by atoms with Crippen molar-refractivity contribution in [3.63, 3.8) is 0 Å². The molecule has 1 amide bonds. The Bertz CT molecular complexity index is 429. The van der Waals surface area contributed by atoms with Gasteiger partial charge in [-0.1, -0.05) is 20.8 Å². The van der Waals surface area contributed by atoms with Gasteiger partial charge in [-0.15, -0.1) is 0 Å². The Hall–Kier alpha value is -1.51. The Morgan fingerprint density at radius 1 is 1.26 bits per heavy atom. The van der Waals surface area contributed by atoms with Gasteiger partial charge in [0.25, 0.3) is 0 Å². The van der Waals surface area contributed by atoms with Crippen LogP contribution < -0.4 is 5.32 Å².